The minimum atomic E-state index is 1.16. The number of hydrogen-bond acceptors (Lipinski definition) is 0. The van der Waals surface area contributed by atoms with Crippen LogP contribution in [0, 0.1) is 0 Å². The van der Waals surface area contributed by atoms with Crippen LogP contribution in [0.25, 0.3) is 109 Å². The van der Waals surface area contributed by atoms with E-state index in [2.05, 4.69) is 187 Å². The number of fused-ring (bicyclic) bond motifs is 11. The van der Waals surface area contributed by atoms with Crippen LogP contribution in [-0.4, -0.2) is 4.98 Å². The Hall–Kier alpha value is -6.70. The molecule has 0 fully saturated rings. The smallest absolute Gasteiger partial charge is 0.0551 e. The number of H-pyrrole nitrogens is 1. The maximum Gasteiger partial charge on any atom is 0.0551 e. The monoisotopic (exact) mass is 645 g/mol. The highest BCUT2D eigenvalue weighted by molar-refractivity contribution is 6.32. The quantitative estimate of drug-likeness (QED) is 0.145. The van der Waals surface area contributed by atoms with Gasteiger partial charge in [-0.1, -0.05) is 164 Å². The van der Waals surface area contributed by atoms with Gasteiger partial charge in [0.15, 0.2) is 0 Å². The maximum atomic E-state index is 3.82. The van der Waals surface area contributed by atoms with E-state index in [1.165, 1.54) is 104 Å². The van der Waals surface area contributed by atoms with Crippen LogP contribution in [0.3, 0.4) is 0 Å². The fourth-order valence-corrected chi connectivity index (χ4v) is 8.65. The van der Waals surface area contributed by atoms with E-state index in [-0.39, 0.29) is 0 Å². The molecule has 236 valence electrons. The summed E-state index contributed by atoms with van der Waals surface area (Å²) in [5.74, 6) is 0. The molecule has 0 radical (unpaired) electrons. The van der Waals surface area contributed by atoms with Crippen molar-refractivity contribution in [1.82, 2.24) is 4.98 Å². The molecule has 51 heavy (non-hydrogen) atoms. The summed E-state index contributed by atoms with van der Waals surface area (Å²) in [5, 5.41) is 15.2. The van der Waals surface area contributed by atoms with Gasteiger partial charge in [-0.15, -0.1) is 0 Å². The van der Waals surface area contributed by atoms with Gasteiger partial charge in [-0.05, 0) is 100 Å². The van der Waals surface area contributed by atoms with Crippen molar-refractivity contribution in [2.75, 3.05) is 0 Å². The molecule has 0 aliphatic heterocycles. The molecule has 1 heterocycles. The number of hydrogen-bond donors (Lipinski definition) is 1. The summed E-state index contributed by atoms with van der Waals surface area (Å²) in [6.45, 7) is 0. The molecule has 11 aromatic rings. The Morgan fingerprint density at radius 3 is 1.41 bits per heavy atom. The fraction of sp³-hybridized carbons (Fsp3) is 0. The normalized spacial score (nSPS) is 11.9. The average molecular weight is 646 g/mol. The molecule has 11 rings (SSSR count). The lowest BCUT2D eigenvalue weighted by molar-refractivity contribution is 1.56. The SMILES string of the molecule is c1ccc2cc(-c3ccc(-c4c5ccccc5c(-c5ccc6[nH]c7c8ccccc8c8ccccc8c7c6c5)c5ccccc45)cc3)ccc2c1. The van der Waals surface area contributed by atoms with E-state index >= 15 is 0 Å². The molecular weight excluding hydrogens is 615 g/mol. The molecule has 1 N–H and O–H groups in total. The Kier molecular flexibility index (Phi) is 6.02. The maximum absolute atomic E-state index is 3.82. The molecule has 0 aliphatic carbocycles. The average Bonchev–Trinajstić information content (AvgIpc) is 3.59. The lowest BCUT2D eigenvalue weighted by atomic mass is 9.85. The van der Waals surface area contributed by atoms with Gasteiger partial charge in [0.2, 0.25) is 0 Å². The molecule has 0 bridgehead atoms. The molecule has 1 heteroatoms. The third kappa shape index (κ3) is 4.22. The van der Waals surface area contributed by atoms with Crippen LogP contribution < -0.4 is 0 Å². The Morgan fingerprint density at radius 2 is 0.745 bits per heavy atom. The zero-order chi connectivity index (χ0) is 33.5. The second kappa shape index (κ2) is 10.9. The lowest BCUT2D eigenvalue weighted by Gasteiger charge is -2.18. The standard InChI is InChI=1S/C50H31N/c1-2-12-34-29-35(26-23-31(34)11-1)32-21-24-33(25-22-32)47-40-16-6-8-18-42(40)48(43-19-9-7-17-41(43)47)36-27-28-46-45(30-36)49-39-15-5-3-13-37(39)38-14-4-10-20-44(38)50(49)51-46/h1-30,51H. The molecule has 0 amide bonds. The first-order chi connectivity index (χ1) is 25.3. The second-order valence-electron chi connectivity index (χ2n) is 13.7. The van der Waals surface area contributed by atoms with Crippen LogP contribution in [0.15, 0.2) is 182 Å². The highest BCUT2D eigenvalue weighted by Crippen LogP contribution is 2.46. The van der Waals surface area contributed by atoms with Crippen molar-refractivity contribution >= 4 is 75.7 Å². The summed E-state index contributed by atoms with van der Waals surface area (Å²) in [6, 6.07) is 66.9. The third-order valence-corrected chi connectivity index (χ3v) is 11.0. The van der Waals surface area contributed by atoms with E-state index in [9.17, 15) is 0 Å². The summed E-state index contributed by atoms with van der Waals surface area (Å²) in [6.07, 6.45) is 0. The van der Waals surface area contributed by atoms with Crippen molar-refractivity contribution in [2.45, 2.75) is 0 Å². The van der Waals surface area contributed by atoms with Crippen LogP contribution in [0.2, 0.25) is 0 Å². The van der Waals surface area contributed by atoms with Crippen LogP contribution in [0.1, 0.15) is 0 Å². The summed E-state index contributed by atoms with van der Waals surface area (Å²) in [5.41, 5.74) is 9.83. The first kappa shape index (κ1) is 28.2. The van der Waals surface area contributed by atoms with Crippen molar-refractivity contribution in [2.24, 2.45) is 0 Å². The van der Waals surface area contributed by atoms with Crippen LogP contribution in [0.5, 0.6) is 0 Å². The minimum absolute atomic E-state index is 1.16. The number of aromatic amines is 1. The first-order valence-electron chi connectivity index (χ1n) is 17.7. The second-order valence-corrected chi connectivity index (χ2v) is 13.7. The fourth-order valence-electron chi connectivity index (χ4n) is 8.65. The molecule has 0 spiro atoms. The molecule has 0 atom stereocenters. The summed E-state index contributed by atoms with van der Waals surface area (Å²) in [4.78, 5) is 3.82. The van der Waals surface area contributed by atoms with Gasteiger partial charge in [0.05, 0.1) is 5.52 Å². The summed E-state index contributed by atoms with van der Waals surface area (Å²) < 4.78 is 0. The Bertz CT molecular complexity index is 3120. The van der Waals surface area contributed by atoms with E-state index in [0.29, 0.717) is 0 Å². The minimum Gasteiger partial charge on any atom is -0.354 e. The number of aromatic nitrogens is 1. The van der Waals surface area contributed by atoms with E-state index < -0.39 is 0 Å². The summed E-state index contributed by atoms with van der Waals surface area (Å²) >= 11 is 0. The topological polar surface area (TPSA) is 15.8 Å². The van der Waals surface area contributed by atoms with Gasteiger partial charge in [-0.25, -0.2) is 0 Å². The van der Waals surface area contributed by atoms with Crippen molar-refractivity contribution in [1.29, 1.82) is 0 Å². The van der Waals surface area contributed by atoms with E-state index in [1.54, 1.807) is 0 Å². The number of benzene rings is 10. The van der Waals surface area contributed by atoms with Crippen LogP contribution in [0.4, 0.5) is 0 Å². The van der Waals surface area contributed by atoms with E-state index in [1.807, 2.05) is 0 Å². The molecule has 1 nitrogen and oxygen atoms in total. The molecule has 10 aromatic carbocycles. The zero-order valence-electron chi connectivity index (χ0n) is 27.8. The lowest BCUT2D eigenvalue weighted by Crippen LogP contribution is -1.91. The molecule has 0 saturated heterocycles. The Balaban J connectivity index is 1.14. The van der Waals surface area contributed by atoms with Gasteiger partial charge in [-0.2, -0.15) is 0 Å². The van der Waals surface area contributed by atoms with Crippen molar-refractivity contribution < 1.29 is 0 Å². The highest BCUT2D eigenvalue weighted by Gasteiger charge is 2.19. The number of nitrogens with one attached hydrogen (secondary N) is 1. The predicted molar refractivity (Wildman–Crippen MR) is 220 cm³/mol. The van der Waals surface area contributed by atoms with Gasteiger partial charge in [-0.3, -0.25) is 0 Å². The van der Waals surface area contributed by atoms with Crippen molar-refractivity contribution in [3.05, 3.63) is 182 Å². The Morgan fingerprint density at radius 1 is 0.275 bits per heavy atom. The molecule has 0 unspecified atom stereocenters. The molecule has 0 saturated carbocycles. The van der Waals surface area contributed by atoms with Crippen molar-refractivity contribution in [3.8, 4) is 33.4 Å². The first-order valence-corrected chi connectivity index (χ1v) is 17.7. The molecule has 0 aliphatic rings. The van der Waals surface area contributed by atoms with Gasteiger partial charge in [0.1, 0.15) is 0 Å². The third-order valence-electron chi connectivity index (χ3n) is 11.0. The number of rotatable bonds is 3. The van der Waals surface area contributed by atoms with Crippen LogP contribution in [-0.2, 0) is 0 Å². The van der Waals surface area contributed by atoms with Crippen molar-refractivity contribution in [3.63, 3.8) is 0 Å². The van der Waals surface area contributed by atoms with E-state index in [4.69, 9.17) is 0 Å². The van der Waals surface area contributed by atoms with Gasteiger partial charge in [0, 0.05) is 21.7 Å². The summed E-state index contributed by atoms with van der Waals surface area (Å²) in [7, 11) is 0. The molecular formula is C50H31N. The van der Waals surface area contributed by atoms with Crippen LogP contribution >= 0.6 is 0 Å². The highest BCUT2D eigenvalue weighted by atomic mass is 14.7. The largest absolute Gasteiger partial charge is 0.354 e. The zero-order valence-corrected chi connectivity index (χ0v) is 27.8. The van der Waals surface area contributed by atoms with Gasteiger partial charge >= 0.3 is 0 Å². The van der Waals surface area contributed by atoms with Gasteiger partial charge < -0.3 is 4.98 Å². The molecule has 1 aromatic heterocycles. The van der Waals surface area contributed by atoms with Gasteiger partial charge in [0.25, 0.3) is 0 Å². The predicted octanol–water partition coefficient (Wildman–Crippen LogP) is 14.1. The Labute approximate surface area is 295 Å². The van der Waals surface area contributed by atoms with E-state index in [0.717, 1.165) is 5.52 Å².